The van der Waals surface area contributed by atoms with Crippen LogP contribution in [-0.4, -0.2) is 10.2 Å². The second-order valence-corrected chi connectivity index (χ2v) is 8.43. The maximum Gasteiger partial charge on any atom is 0.354 e. The molecule has 1 atom stereocenters. The van der Waals surface area contributed by atoms with Gasteiger partial charge in [-0.05, 0) is 73.9 Å². The molecular weight excluding hydrogens is 355 g/mol. The Hall–Kier alpha value is -1.56. The average molecular weight is 371 g/mol. The number of nitrogens with zero attached hydrogens (tertiary/aromatic N) is 1. The van der Waals surface area contributed by atoms with Crippen LogP contribution in [0.5, 0.6) is 0 Å². The molecule has 1 N–H and O–H groups in total. The molecule has 0 aliphatic heterocycles. The summed E-state index contributed by atoms with van der Waals surface area (Å²) in [5, 5.41) is 3.06. The van der Waals surface area contributed by atoms with E-state index in [0.29, 0.717) is 15.6 Å². The first-order valence-corrected chi connectivity index (χ1v) is 9.52. The van der Waals surface area contributed by atoms with Gasteiger partial charge in [0.15, 0.2) is 8.94 Å². The molecule has 7 heteroatoms. The van der Waals surface area contributed by atoms with E-state index >= 15 is 0 Å². The molecule has 0 aromatic heterocycles. The molecular formula is C16H16Cl2N2O2S. The number of nitrogens with one attached hydrogen (secondary N) is 1. The summed E-state index contributed by atoms with van der Waals surface area (Å²) in [5.41, 5.74) is 3.47. The molecule has 0 spiro atoms. The number of hydrogen-bond donors (Lipinski definition) is 1. The molecule has 0 radical (unpaired) electrons. The Balaban J connectivity index is 2.31. The van der Waals surface area contributed by atoms with Crippen molar-refractivity contribution in [1.82, 2.24) is 0 Å². The topological polar surface area (TPSA) is 58.5 Å². The van der Waals surface area contributed by atoms with E-state index in [-0.39, 0.29) is 0 Å². The van der Waals surface area contributed by atoms with Crippen molar-refractivity contribution in [2.24, 2.45) is 4.36 Å². The van der Waals surface area contributed by atoms with E-state index in [0.717, 1.165) is 16.7 Å². The first-order valence-electron chi connectivity index (χ1n) is 6.80. The first kappa shape index (κ1) is 17.8. The highest BCUT2D eigenvalue weighted by Gasteiger charge is 2.14. The third kappa shape index (κ3) is 4.47. The number of hydrogen-bond acceptors (Lipinski definition) is 2. The van der Waals surface area contributed by atoms with Crippen LogP contribution in [0.2, 0.25) is 5.02 Å². The third-order valence-electron chi connectivity index (χ3n) is 3.49. The number of benzene rings is 2. The van der Waals surface area contributed by atoms with E-state index in [1.807, 2.05) is 20.8 Å². The second-order valence-electron chi connectivity index (χ2n) is 5.17. The van der Waals surface area contributed by atoms with Gasteiger partial charge in [-0.1, -0.05) is 11.6 Å². The predicted octanol–water partition coefficient (Wildman–Crippen LogP) is 5.48. The maximum absolute atomic E-state index is 12.6. The second kappa shape index (κ2) is 6.91. The molecule has 0 heterocycles. The summed E-state index contributed by atoms with van der Waals surface area (Å²) in [7, 11) is 2.68. The van der Waals surface area contributed by atoms with E-state index < -0.39 is 15.0 Å². The van der Waals surface area contributed by atoms with E-state index in [1.165, 1.54) is 0 Å². The fourth-order valence-electron chi connectivity index (χ4n) is 1.98. The molecule has 2 aromatic rings. The summed E-state index contributed by atoms with van der Waals surface area (Å²) in [6, 6.07) is 9.10. The fourth-order valence-corrected chi connectivity index (χ4v) is 3.57. The highest BCUT2D eigenvalue weighted by Crippen LogP contribution is 2.24. The lowest BCUT2D eigenvalue weighted by Crippen LogP contribution is -2.08. The van der Waals surface area contributed by atoms with Crippen molar-refractivity contribution in [3.05, 3.63) is 58.1 Å². The molecule has 2 amide bonds. The lowest BCUT2D eigenvalue weighted by atomic mass is 10.1. The Labute approximate surface area is 145 Å². The summed E-state index contributed by atoms with van der Waals surface area (Å²) in [5.74, 6) is 0. The number of urea groups is 1. The fraction of sp³-hybridized carbons (Fsp3) is 0.188. The Morgan fingerprint density at radius 3 is 2.13 bits per heavy atom. The molecule has 0 fully saturated rings. The number of carbonyl (C=O) groups is 1. The zero-order chi connectivity index (χ0) is 17.2. The molecule has 122 valence electrons. The smallest absolute Gasteiger partial charge is 0.306 e. The number of rotatable bonds is 2. The molecule has 23 heavy (non-hydrogen) atoms. The SMILES string of the molecule is Cc1cc(S(=O)(Cl)=NC(=O)Nc2ccc(Cl)cc2)cc(C)c1C. The summed E-state index contributed by atoms with van der Waals surface area (Å²) in [6.45, 7) is 5.76. The molecule has 1 unspecified atom stereocenters. The largest absolute Gasteiger partial charge is 0.354 e. The maximum atomic E-state index is 12.6. The van der Waals surface area contributed by atoms with Gasteiger partial charge in [-0.2, -0.15) is 0 Å². The van der Waals surface area contributed by atoms with Crippen molar-refractivity contribution < 1.29 is 9.00 Å². The zero-order valence-corrected chi connectivity index (χ0v) is 15.2. The number of carbonyl (C=O) groups excluding carboxylic acids is 1. The van der Waals surface area contributed by atoms with Crippen molar-refractivity contribution >= 4 is 42.9 Å². The molecule has 0 saturated heterocycles. The Morgan fingerprint density at radius 1 is 1.09 bits per heavy atom. The molecule has 0 aliphatic carbocycles. The minimum absolute atomic E-state index is 0.325. The summed E-state index contributed by atoms with van der Waals surface area (Å²) in [4.78, 5) is 12.3. The van der Waals surface area contributed by atoms with Crippen molar-refractivity contribution in [1.29, 1.82) is 0 Å². The number of halogens is 2. The zero-order valence-electron chi connectivity index (χ0n) is 12.9. The molecule has 0 saturated carbocycles. The summed E-state index contributed by atoms with van der Waals surface area (Å²) < 4.78 is 16.2. The van der Waals surface area contributed by atoms with Gasteiger partial charge in [0.25, 0.3) is 0 Å². The minimum Gasteiger partial charge on any atom is -0.306 e. The van der Waals surface area contributed by atoms with Crippen molar-refractivity contribution in [3.63, 3.8) is 0 Å². The summed E-state index contributed by atoms with van der Waals surface area (Å²) in [6.07, 6.45) is 0. The standard InChI is InChI=1S/C16H16Cl2N2O2S/c1-10-8-15(9-11(2)12(10)3)23(18,22)20-16(21)19-14-6-4-13(17)5-7-14/h4-9H,1-3H3,(H,19,21). The van der Waals surface area contributed by atoms with Crippen LogP contribution in [0.25, 0.3) is 0 Å². The highest BCUT2D eigenvalue weighted by atomic mass is 35.7. The summed E-state index contributed by atoms with van der Waals surface area (Å²) >= 11 is 5.77. The molecule has 0 bridgehead atoms. The van der Waals surface area contributed by atoms with Gasteiger partial charge >= 0.3 is 6.03 Å². The van der Waals surface area contributed by atoms with Crippen LogP contribution in [-0.2, 0) is 8.94 Å². The Kier molecular flexibility index (Phi) is 5.34. The molecule has 2 aromatic carbocycles. The van der Waals surface area contributed by atoms with E-state index in [4.69, 9.17) is 22.3 Å². The van der Waals surface area contributed by atoms with Crippen LogP contribution in [0.15, 0.2) is 45.7 Å². The lowest BCUT2D eigenvalue weighted by molar-refractivity contribution is 0.260. The van der Waals surface area contributed by atoms with Gasteiger partial charge < -0.3 is 5.32 Å². The normalized spacial score (nSPS) is 13.3. The van der Waals surface area contributed by atoms with E-state index in [2.05, 4.69) is 9.68 Å². The third-order valence-corrected chi connectivity index (χ3v) is 5.70. The van der Waals surface area contributed by atoms with Crippen molar-refractivity contribution in [2.45, 2.75) is 25.7 Å². The van der Waals surface area contributed by atoms with Gasteiger partial charge in [-0.15, -0.1) is 4.36 Å². The molecule has 0 aliphatic rings. The van der Waals surface area contributed by atoms with E-state index in [9.17, 15) is 9.00 Å². The van der Waals surface area contributed by atoms with Gasteiger partial charge in [0.05, 0.1) is 4.90 Å². The minimum atomic E-state index is -3.34. The first-order chi connectivity index (χ1) is 10.7. The number of anilines is 1. The van der Waals surface area contributed by atoms with Crippen molar-refractivity contribution in [3.8, 4) is 0 Å². The van der Waals surface area contributed by atoms with E-state index in [1.54, 1.807) is 36.4 Å². The Morgan fingerprint density at radius 2 is 1.61 bits per heavy atom. The molecule has 2 rings (SSSR count). The van der Waals surface area contributed by atoms with Gasteiger partial charge in [0.2, 0.25) is 0 Å². The monoisotopic (exact) mass is 370 g/mol. The van der Waals surface area contributed by atoms with Gasteiger partial charge in [0.1, 0.15) is 0 Å². The predicted molar refractivity (Wildman–Crippen MR) is 95.8 cm³/mol. The van der Waals surface area contributed by atoms with Crippen LogP contribution < -0.4 is 5.32 Å². The van der Waals surface area contributed by atoms with Crippen molar-refractivity contribution in [2.75, 3.05) is 5.32 Å². The van der Waals surface area contributed by atoms with Crippen LogP contribution in [0.4, 0.5) is 10.5 Å². The highest BCUT2D eigenvalue weighted by molar-refractivity contribution is 8.15. The van der Waals surface area contributed by atoms with Gasteiger partial charge in [-0.3, -0.25) is 0 Å². The van der Waals surface area contributed by atoms with Crippen LogP contribution in [0.3, 0.4) is 0 Å². The molecule has 4 nitrogen and oxygen atoms in total. The lowest BCUT2D eigenvalue weighted by Gasteiger charge is -2.09. The average Bonchev–Trinajstić information content (AvgIpc) is 2.46. The Bertz CT molecular complexity index is 847. The van der Waals surface area contributed by atoms with Gasteiger partial charge in [-0.25, -0.2) is 9.00 Å². The van der Waals surface area contributed by atoms with Gasteiger partial charge in [0, 0.05) is 21.4 Å². The number of aryl methyl sites for hydroxylation is 2. The quantitative estimate of drug-likeness (QED) is 0.711. The van der Waals surface area contributed by atoms with Crippen LogP contribution >= 0.6 is 22.3 Å². The van der Waals surface area contributed by atoms with Crippen LogP contribution in [0, 0.1) is 20.8 Å². The van der Waals surface area contributed by atoms with Crippen LogP contribution in [0.1, 0.15) is 16.7 Å². The number of amides is 2.